The Morgan fingerprint density at radius 1 is 0.255 bits per heavy atom. The van der Waals surface area contributed by atoms with Crippen molar-refractivity contribution < 1.29 is 0 Å². The Labute approximate surface area is 274 Å². The molecule has 0 bridgehead atoms. The zero-order valence-electron chi connectivity index (χ0n) is 25.8. The van der Waals surface area contributed by atoms with E-state index in [0.717, 1.165) is 11.4 Å². The van der Waals surface area contributed by atoms with Crippen LogP contribution in [0.1, 0.15) is 0 Å². The smallest absolute Gasteiger partial charge is 0.0384 e. The normalized spacial score (nSPS) is 11.4. The van der Waals surface area contributed by atoms with Crippen LogP contribution in [0.3, 0.4) is 0 Å². The van der Waals surface area contributed by atoms with Gasteiger partial charge in [-0.05, 0) is 113 Å². The third kappa shape index (κ3) is 4.90. The molecule has 0 unspecified atom stereocenters. The summed E-state index contributed by atoms with van der Waals surface area (Å²) in [5.41, 5.74) is 9.57. The third-order valence-electron chi connectivity index (χ3n) is 9.40. The first-order chi connectivity index (χ1) is 23.3. The molecule has 0 aliphatic rings. The van der Waals surface area contributed by atoms with E-state index >= 15 is 0 Å². The van der Waals surface area contributed by atoms with Crippen LogP contribution in [-0.4, -0.2) is 0 Å². The van der Waals surface area contributed by atoms with Gasteiger partial charge in [-0.2, -0.15) is 0 Å². The van der Waals surface area contributed by atoms with Crippen LogP contribution in [-0.2, 0) is 0 Å². The Morgan fingerprint density at radius 2 is 0.532 bits per heavy atom. The van der Waals surface area contributed by atoms with Gasteiger partial charge in [-0.25, -0.2) is 0 Å². The molecule has 0 amide bonds. The van der Waals surface area contributed by atoms with Gasteiger partial charge >= 0.3 is 0 Å². The fourth-order valence-corrected chi connectivity index (χ4v) is 7.11. The topological polar surface area (TPSA) is 12.0 Å². The molecular weight excluding hydrogens is 567 g/mol. The van der Waals surface area contributed by atoms with E-state index in [1.165, 1.54) is 76.5 Å². The number of anilines is 2. The Hall–Kier alpha value is -6.18. The minimum Gasteiger partial charge on any atom is -0.356 e. The van der Waals surface area contributed by atoms with Gasteiger partial charge in [0.15, 0.2) is 0 Å². The van der Waals surface area contributed by atoms with Crippen molar-refractivity contribution in [3.8, 4) is 33.4 Å². The fraction of sp³-hybridized carbons (Fsp3) is 0. The van der Waals surface area contributed by atoms with E-state index in [2.05, 4.69) is 187 Å². The van der Waals surface area contributed by atoms with Crippen LogP contribution in [0.25, 0.3) is 76.5 Å². The molecular formula is C46H31N. The summed E-state index contributed by atoms with van der Waals surface area (Å²) in [6, 6.07) is 65.8. The molecule has 0 radical (unpaired) electrons. The molecule has 1 heteroatoms. The van der Waals surface area contributed by atoms with Gasteiger partial charge in [-0.3, -0.25) is 0 Å². The Bertz CT molecular complexity index is 2450. The zero-order valence-corrected chi connectivity index (χ0v) is 25.8. The molecule has 0 saturated carbocycles. The van der Waals surface area contributed by atoms with Gasteiger partial charge in [-0.1, -0.05) is 146 Å². The fourth-order valence-electron chi connectivity index (χ4n) is 7.11. The van der Waals surface area contributed by atoms with Crippen LogP contribution in [0.5, 0.6) is 0 Å². The molecule has 0 aliphatic heterocycles. The SMILES string of the molecule is c1ccc2c(-c3ccc(Nc4ccc(-c5ccc(-c6c7ccccc7cc7ccccc67)cc5)cc4)cc3)c3ccccc3cc2c1. The summed E-state index contributed by atoms with van der Waals surface area (Å²) in [6.45, 7) is 0. The molecule has 9 aromatic rings. The molecule has 0 saturated heterocycles. The van der Waals surface area contributed by atoms with Crippen molar-refractivity contribution in [3.63, 3.8) is 0 Å². The lowest BCUT2D eigenvalue weighted by molar-refractivity contribution is 1.54. The molecule has 0 heterocycles. The van der Waals surface area contributed by atoms with Crippen LogP contribution >= 0.6 is 0 Å². The molecule has 0 atom stereocenters. The molecule has 47 heavy (non-hydrogen) atoms. The Kier molecular flexibility index (Phi) is 6.54. The van der Waals surface area contributed by atoms with Crippen LogP contribution < -0.4 is 5.32 Å². The molecule has 0 aliphatic carbocycles. The highest BCUT2D eigenvalue weighted by molar-refractivity contribution is 6.13. The molecule has 1 N–H and O–H groups in total. The van der Waals surface area contributed by atoms with E-state index in [1.807, 2.05) is 0 Å². The van der Waals surface area contributed by atoms with Crippen LogP contribution in [0.4, 0.5) is 11.4 Å². The van der Waals surface area contributed by atoms with Gasteiger partial charge in [0.25, 0.3) is 0 Å². The number of hydrogen-bond donors (Lipinski definition) is 1. The second kappa shape index (κ2) is 11.3. The molecule has 0 fully saturated rings. The van der Waals surface area contributed by atoms with Crippen molar-refractivity contribution in [2.24, 2.45) is 0 Å². The minimum atomic E-state index is 1.07. The van der Waals surface area contributed by atoms with Crippen LogP contribution in [0.2, 0.25) is 0 Å². The van der Waals surface area contributed by atoms with Crippen molar-refractivity contribution in [2.45, 2.75) is 0 Å². The van der Waals surface area contributed by atoms with Gasteiger partial charge in [-0.15, -0.1) is 0 Å². The van der Waals surface area contributed by atoms with Gasteiger partial charge in [0.05, 0.1) is 0 Å². The lowest BCUT2D eigenvalue weighted by atomic mass is 9.91. The summed E-state index contributed by atoms with van der Waals surface area (Å²) in [4.78, 5) is 0. The average molecular weight is 598 g/mol. The molecule has 9 rings (SSSR count). The van der Waals surface area contributed by atoms with E-state index < -0.39 is 0 Å². The molecule has 0 spiro atoms. The highest BCUT2D eigenvalue weighted by Gasteiger charge is 2.12. The first-order valence-electron chi connectivity index (χ1n) is 16.2. The summed E-state index contributed by atoms with van der Waals surface area (Å²) in [5, 5.41) is 13.8. The number of benzene rings is 9. The van der Waals surface area contributed by atoms with E-state index in [1.54, 1.807) is 0 Å². The lowest BCUT2D eigenvalue weighted by Crippen LogP contribution is -1.91. The maximum Gasteiger partial charge on any atom is 0.0384 e. The summed E-state index contributed by atoms with van der Waals surface area (Å²) in [6.07, 6.45) is 0. The van der Waals surface area contributed by atoms with Gasteiger partial charge in [0.2, 0.25) is 0 Å². The molecule has 9 aromatic carbocycles. The van der Waals surface area contributed by atoms with Crippen molar-refractivity contribution in [2.75, 3.05) is 5.32 Å². The monoisotopic (exact) mass is 597 g/mol. The summed E-state index contributed by atoms with van der Waals surface area (Å²) in [5.74, 6) is 0. The van der Waals surface area contributed by atoms with Crippen molar-refractivity contribution >= 4 is 54.5 Å². The maximum absolute atomic E-state index is 3.60. The second-order valence-corrected chi connectivity index (χ2v) is 12.2. The first kappa shape index (κ1) is 27.2. The number of nitrogens with one attached hydrogen (secondary N) is 1. The molecule has 1 nitrogen and oxygen atoms in total. The van der Waals surface area contributed by atoms with Crippen LogP contribution in [0, 0.1) is 0 Å². The molecule has 220 valence electrons. The van der Waals surface area contributed by atoms with E-state index in [4.69, 9.17) is 0 Å². The van der Waals surface area contributed by atoms with Gasteiger partial charge in [0, 0.05) is 11.4 Å². The summed E-state index contributed by atoms with van der Waals surface area (Å²) < 4.78 is 0. The van der Waals surface area contributed by atoms with Crippen LogP contribution in [0.15, 0.2) is 182 Å². The lowest BCUT2D eigenvalue weighted by Gasteiger charge is -2.14. The van der Waals surface area contributed by atoms with E-state index in [-0.39, 0.29) is 0 Å². The summed E-state index contributed by atoms with van der Waals surface area (Å²) in [7, 11) is 0. The Morgan fingerprint density at radius 3 is 0.894 bits per heavy atom. The van der Waals surface area contributed by atoms with Crippen molar-refractivity contribution in [1.82, 2.24) is 0 Å². The predicted octanol–water partition coefficient (Wildman–Crippen LogP) is 13.0. The maximum atomic E-state index is 3.60. The zero-order chi connectivity index (χ0) is 31.2. The largest absolute Gasteiger partial charge is 0.356 e. The van der Waals surface area contributed by atoms with Crippen molar-refractivity contribution in [3.05, 3.63) is 182 Å². The second-order valence-electron chi connectivity index (χ2n) is 12.2. The van der Waals surface area contributed by atoms with Gasteiger partial charge in [0.1, 0.15) is 0 Å². The quantitative estimate of drug-likeness (QED) is 0.195. The highest BCUT2D eigenvalue weighted by atomic mass is 14.9. The number of rotatable bonds is 5. The summed E-state index contributed by atoms with van der Waals surface area (Å²) >= 11 is 0. The van der Waals surface area contributed by atoms with Crippen molar-refractivity contribution in [1.29, 1.82) is 0 Å². The standard InChI is InChI=1S/C46H31N/c1-5-13-41-35(9-1)29-36-10-2-6-14-42(36)45(41)33-19-17-31(18-20-33)32-21-25-39(26-22-32)47-40-27-23-34(24-28-40)46-43-15-7-3-11-37(43)30-38-12-4-8-16-44(38)46/h1-30,47H. The minimum absolute atomic E-state index is 1.07. The van der Waals surface area contributed by atoms with E-state index in [9.17, 15) is 0 Å². The van der Waals surface area contributed by atoms with E-state index in [0.29, 0.717) is 0 Å². The highest BCUT2D eigenvalue weighted by Crippen LogP contribution is 2.39. The Balaban J connectivity index is 0.977. The predicted molar refractivity (Wildman–Crippen MR) is 202 cm³/mol. The molecule has 0 aromatic heterocycles. The first-order valence-corrected chi connectivity index (χ1v) is 16.2. The number of hydrogen-bond acceptors (Lipinski definition) is 1. The third-order valence-corrected chi connectivity index (χ3v) is 9.40. The van der Waals surface area contributed by atoms with Gasteiger partial charge < -0.3 is 5.32 Å². The average Bonchev–Trinajstić information content (AvgIpc) is 3.14. The number of fused-ring (bicyclic) bond motifs is 4.